The first kappa shape index (κ1) is 12.5. The van der Waals surface area contributed by atoms with E-state index in [4.69, 9.17) is 10.00 Å². The van der Waals surface area contributed by atoms with Gasteiger partial charge in [0.05, 0.1) is 18.8 Å². The summed E-state index contributed by atoms with van der Waals surface area (Å²) in [6.07, 6.45) is 7.90. The molecule has 0 aliphatic heterocycles. The van der Waals surface area contributed by atoms with Crippen LogP contribution in [0.4, 0.5) is 0 Å². The second-order valence-corrected chi connectivity index (χ2v) is 4.62. The van der Waals surface area contributed by atoms with Crippen molar-refractivity contribution in [1.29, 1.82) is 5.26 Å². The predicted octanol–water partition coefficient (Wildman–Crippen LogP) is 2.23. The number of nitrogens with one attached hydrogen (secondary N) is 1. The van der Waals surface area contributed by atoms with E-state index in [1.807, 2.05) is 6.92 Å². The van der Waals surface area contributed by atoms with Gasteiger partial charge >= 0.3 is 0 Å². The van der Waals surface area contributed by atoms with Crippen molar-refractivity contribution in [2.75, 3.05) is 13.7 Å². The lowest BCUT2D eigenvalue weighted by Gasteiger charge is -2.24. The molecule has 1 N–H and O–H groups in total. The molecule has 1 rings (SSSR count). The first-order valence-corrected chi connectivity index (χ1v) is 5.92. The molecule has 1 aliphatic rings. The Kier molecular flexibility index (Phi) is 5.07. The lowest BCUT2D eigenvalue weighted by Crippen LogP contribution is -2.43. The van der Waals surface area contributed by atoms with E-state index >= 15 is 0 Å². The zero-order valence-electron chi connectivity index (χ0n) is 9.88. The van der Waals surface area contributed by atoms with Crippen LogP contribution in [0.3, 0.4) is 0 Å². The number of nitrogens with zero attached hydrogens (tertiary/aromatic N) is 1. The van der Waals surface area contributed by atoms with Gasteiger partial charge in [-0.1, -0.05) is 25.7 Å². The van der Waals surface area contributed by atoms with Gasteiger partial charge in [-0.05, 0) is 26.8 Å². The van der Waals surface area contributed by atoms with Crippen molar-refractivity contribution in [3.8, 4) is 6.07 Å². The Morgan fingerprint density at radius 3 is 2.40 bits per heavy atom. The molecular weight excluding hydrogens is 188 g/mol. The maximum Gasteiger partial charge on any atom is 0.127 e. The second-order valence-electron chi connectivity index (χ2n) is 4.62. The van der Waals surface area contributed by atoms with Crippen LogP contribution in [0.2, 0.25) is 0 Å². The lowest BCUT2D eigenvalue weighted by molar-refractivity contribution is 0.0202. The van der Waals surface area contributed by atoms with Gasteiger partial charge in [-0.15, -0.1) is 0 Å². The Morgan fingerprint density at radius 2 is 1.93 bits per heavy atom. The summed E-state index contributed by atoms with van der Waals surface area (Å²) in [7, 11) is 1.81. The van der Waals surface area contributed by atoms with Crippen LogP contribution in [0, 0.1) is 11.3 Å². The fourth-order valence-corrected chi connectivity index (χ4v) is 1.85. The largest absolute Gasteiger partial charge is 0.375 e. The molecule has 0 heterocycles. The topological polar surface area (TPSA) is 45.0 Å². The summed E-state index contributed by atoms with van der Waals surface area (Å²) >= 11 is 0. The molecule has 1 aliphatic carbocycles. The summed E-state index contributed by atoms with van der Waals surface area (Å²) in [4.78, 5) is 0. The first-order chi connectivity index (χ1) is 7.20. The van der Waals surface area contributed by atoms with Crippen LogP contribution in [0.1, 0.15) is 45.4 Å². The molecule has 1 unspecified atom stereocenters. The van der Waals surface area contributed by atoms with Crippen molar-refractivity contribution < 1.29 is 4.74 Å². The maximum absolute atomic E-state index is 8.98. The Bertz CT molecular complexity index is 216. The Morgan fingerprint density at radius 1 is 1.33 bits per heavy atom. The van der Waals surface area contributed by atoms with Gasteiger partial charge in [0, 0.05) is 0 Å². The van der Waals surface area contributed by atoms with Gasteiger partial charge in [0.1, 0.15) is 5.54 Å². The third-order valence-electron chi connectivity index (χ3n) is 3.21. The predicted molar refractivity (Wildman–Crippen MR) is 60.5 cm³/mol. The molecule has 0 spiro atoms. The molecule has 0 radical (unpaired) electrons. The van der Waals surface area contributed by atoms with E-state index in [9.17, 15) is 0 Å². The second kappa shape index (κ2) is 6.09. The number of hydrogen-bond donors (Lipinski definition) is 1. The Labute approximate surface area is 92.8 Å². The Hall–Kier alpha value is -0.590. The summed E-state index contributed by atoms with van der Waals surface area (Å²) in [6.45, 7) is 2.37. The van der Waals surface area contributed by atoms with E-state index < -0.39 is 5.54 Å². The molecule has 1 fully saturated rings. The highest BCUT2D eigenvalue weighted by Gasteiger charge is 2.23. The summed E-state index contributed by atoms with van der Waals surface area (Å²) in [5, 5.41) is 12.0. The molecule has 3 heteroatoms. The molecule has 1 atom stereocenters. The zero-order chi connectivity index (χ0) is 11.1. The van der Waals surface area contributed by atoms with Gasteiger partial charge in [-0.3, -0.25) is 0 Å². The third-order valence-corrected chi connectivity index (χ3v) is 3.21. The minimum Gasteiger partial charge on any atom is -0.375 e. The van der Waals surface area contributed by atoms with Crippen LogP contribution in [-0.2, 0) is 4.74 Å². The van der Waals surface area contributed by atoms with Gasteiger partial charge in [0.25, 0.3) is 0 Å². The minimum atomic E-state index is -0.535. The van der Waals surface area contributed by atoms with Gasteiger partial charge in [-0.2, -0.15) is 5.26 Å². The molecule has 0 aromatic rings. The lowest BCUT2D eigenvalue weighted by atomic mass is 10.1. The first-order valence-electron chi connectivity index (χ1n) is 5.92. The van der Waals surface area contributed by atoms with Crippen LogP contribution in [-0.4, -0.2) is 25.3 Å². The van der Waals surface area contributed by atoms with Gasteiger partial charge in [-0.25, -0.2) is 0 Å². The number of ether oxygens (including phenoxy) is 1. The number of nitriles is 1. The molecule has 0 bridgehead atoms. The molecule has 0 saturated heterocycles. The third kappa shape index (κ3) is 4.19. The average Bonchev–Trinajstić information content (AvgIpc) is 2.54. The molecule has 15 heavy (non-hydrogen) atoms. The normalized spacial score (nSPS) is 22.7. The zero-order valence-corrected chi connectivity index (χ0v) is 9.88. The fourth-order valence-electron chi connectivity index (χ4n) is 1.85. The van der Waals surface area contributed by atoms with E-state index in [1.165, 1.54) is 25.7 Å². The quantitative estimate of drug-likeness (QED) is 0.724. The number of hydrogen-bond acceptors (Lipinski definition) is 3. The molecule has 3 nitrogen and oxygen atoms in total. The summed E-state index contributed by atoms with van der Waals surface area (Å²) in [6, 6.07) is 2.25. The van der Waals surface area contributed by atoms with Crippen molar-refractivity contribution in [1.82, 2.24) is 5.32 Å². The van der Waals surface area contributed by atoms with Crippen molar-refractivity contribution in [3.63, 3.8) is 0 Å². The van der Waals surface area contributed by atoms with Crippen molar-refractivity contribution >= 4 is 0 Å². The highest BCUT2D eigenvalue weighted by molar-refractivity contribution is 5.03. The van der Waals surface area contributed by atoms with Crippen LogP contribution in [0.25, 0.3) is 0 Å². The molecule has 0 aromatic carbocycles. The van der Waals surface area contributed by atoms with Gasteiger partial charge in [0.15, 0.2) is 0 Å². The number of rotatable bonds is 4. The molecule has 0 aromatic heterocycles. The SMILES string of the molecule is CNC(C)(C#N)COC1CCCCCC1. The fraction of sp³-hybridized carbons (Fsp3) is 0.917. The summed E-state index contributed by atoms with van der Waals surface area (Å²) < 4.78 is 5.82. The van der Waals surface area contributed by atoms with Gasteiger partial charge in [0.2, 0.25) is 0 Å². The van der Waals surface area contributed by atoms with E-state index in [2.05, 4.69) is 11.4 Å². The Balaban J connectivity index is 2.31. The van der Waals surface area contributed by atoms with E-state index in [0.29, 0.717) is 12.7 Å². The average molecular weight is 210 g/mol. The van der Waals surface area contributed by atoms with E-state index in [-0.39, 0.29) is 0 Å². The van der Waals surface area contributed by atoms with Crippen LogP contribution < -0.4 is 5.32 Å². The van der Waals surface area contributed by atoms with E-state index in [0.717, 1.165) is 12.8 Å². The number of likely N-dealkylation sites (N-methyl/N-ethyl adjacent to an activating group) is 1. The van der Waals surface area contributed by atoms with Crippen molar-refractivity contribution in [2.45, 2.75) is 57.1 Å². The summed E-state index contributed by atoms with van der Waals surface area (Å²) in [5.41, 5.74) is -0.535. The summed E-state index contributed by atoms with van der Waals surface area (Å²) in [5.74, 6) is 0. The van der Waals surface area contributed by atoms with Crippen molar-refractivity contribution in [3.05, 3.63) is 0 Å². The van der Waals surface area contributed by atoms with Crippen molar-refractivity contribution in [2.24, 2.45) is 0 Å². The monoisotopic (exact) mass is 210 g/mol. The minimum absolute atomic E-state index is 0.369. The molecule has 1 saturated carbocycles. The van der Waals surface area contributed by atoms with Crippen LogP contribution in [0.5, 0.6) is 0 Å². The van der Waals surface area contributed by atoms with Crippen LogP contribution >= 0.6 is 0 Å². The van der Waals surface area contributed by atoms with Crippen LogP contribution in [0.15, 0.2) is 0 Å². The molecule has 86 valence electrons. The van der Waals surface area contributed by atoms with E-state index in [1.54, 1.807) is 7.05 Å². The maximum atomic E-state index is 8.98. The molecular formula is C12H22N2O. The highest BCUT2D eigenvalue weighted by Crippen LogP contribution is 2.20. The standard InChI is InChI=1S/C12H22N2O/c1-12(9-13,14-2)10-15-11-7-5-3-4-6-8-11/h11,14H,3-8,10H2,1-2H3. The molecule has 0 amide bonds. The smallest absolute Gasteiger partial charge is 0.127 e. The highest BCUT2D eigenvalue weighted by atomic mass is 16.5. The van der Waals surface area contributed by atoms with Gasteiger partial charge < -0.3 is 10.1 Å².